The zero-order valence-corrected chi connectivity index (χ0v) is 16.5. The normalized spacial score (nSPS) is 15.6. The fraction of sp³-hybridized carbons (Fsp3) is 0.278. The van der Waals surface area contributed by atoms with Crippen molar-refractivity contribution in [2.24, 2.45) is 0 Å². The van der Waals surface area contributed by atoms with Crippen molar-refractivity contribution in [1.82, 2.24) is 19.6 Å². The van der Waals surface area contributed by atoms with Crippen LogP contribution < -0.4 is 5.32 Å². The Kier molecular flexibility index (Phi) is 5.36. The van der Waals surface area contributed by atoms with E-state index in [0.29, 0.717) is 31.8 Å². The van der Waals surface area contributed by atoms with Crippen LogP contribution >= 0.6 is 11.3 Å². The van der Waals surface area contributed by atoms with E-state index in [9.17, 15) is 13.2 Å². The zero-order chi connectivity index (χ0) is 19.6. The smallest absolute Gasteiger partial charge is 0.271 e. The number of morpholine rings is 1. The Labute approximate surface area is 166 Å². The first-order valence-corrected chi connectivity index (χ1v) is 11.0. The number of thiophene rings is 1. The summed E-state index contributed by atoms with van der Waals surface area (Å²) in [6.07, 6.45) is 1.43. The van der Waals surface area contributed by atoms with Gasteiger partial charge in [-0.3, -0.25) is 9.78 Å². The average molecular weight is 419 g/mol. The summed E-state index contributed by atoms with van der Waals surface area (Å²) >= 11 is 1.15. The van der Waals surface area contributed by atoms with Gasteiger partial charge < -0.3 is 10.1 Å². The van der Waals surface area contributed by atoms with Crippen LogP contribution in [0.3, 0.4) is 0 Å². The third kappa shape index (κ3) is 3.90. The van der Waals surface area contributed by atoms with Crippen LogP contribution in [-0.4, -0.2) is 54.9 Å². The van der Waals surface area contributed by atoms with Crippen molar-refractivity contribution in [3.63, 3.8) is 0 Å². The van der Waals surface area contributed by atoms with Crippen LogP contribution in [0.2, 0.25) is 0 Å². The van der Waals surface area contributed by atoms with E-state index in [0.717, 1.165) is 21.7 Å². The van der Waals surface area contributed by atoms with Gasteiger partial charge in [-0.2, -0.15) is 4.31 Å². The van der Waals surface area contributed by atoms with Crippen molar-refractivity contribution in [1.29, 1.82) is 0 Å². The van der Waals surface area contributed by atoms with Gasteiger partial charge in [-0.1, -0.05) is 12.1 Å². The molecule has 0 radical (unpaired) electrons. The molecule has 0 atom stereocenters. The van der Waals surface area contributed by atoms with Gasteiger partial charge >= 0.3 is 0 Å². The van der Waals surface area contributed by atoms with Gasteiger partial charge in [0.1, 0.15) is 9.90 Å². The minimum absolute atomic E-state index is 0.219. The Morgan fingerprint density at radius 3 is 2.68 bits per heavy atom. The second-order valence-corrected chi connectivity index (χ2v) is 9.50. The molecule has 2 aromatic heterocycles. The molecule has 1 fully saturated rings. The van der Waals surface area contributed by atoms with Gasteiger partial charge in [-0.05, 0) is 24.3 Å². The Morgan fingerprint density at radius 1 is 1.14 bits per heavy atom. The maximum absolute atomic E-state index is 12.7. The highest BCUT2D eigenvalue weighted by atomic mass is 32.2. The minimum Gasteiger partial charge on any atom is -0.379 e. The molecule has 0 unspecified atom stereocenters. The second kappa shape index (κ2) is 7.92. The Bertz CT molecular complexity index is 1110. The van der Waals surface area contributed by atoms with E-state index >= 15 is 0 Å². The van der Waals surface area contributed by atoms with Crippen LogP contribution in [0.1, 0.15) is 15.4 Å². The molecular formula is C18H18N4O4S2. The van der Waals surface area contributed by atoms with Crippen LogP contribution in [0.25, 0.3) is 11.0 Å². The lowest BCUT2D eigenvalue weighted by Gasteiger charge is -2.25. The lowest BCUT2D eigenvalue weighted by Crippen LogP contribution is -2.40. The molecule has 146 valence electrons. The molecule has 3 aromatic rings. The van der Waals surface area contributed by atoms with E-state index in [1.165, 1.54) is 10.5 Å². The molecular weight excluding hydrogens is 400 g/mol. The molecule has 1 aliphatic heterocycles. The molecule has 8 nitrogen and oxygen atoms in total. The van der Waals surface area contributed by atoms with Gasteiger partial charge in [0, 0.05) is 18.0 Å². The van der Waals surface area contributed by atoms with Crippen molar-refractivity contribution >= 4 is 38.3 Å². The third-order valence-corrected chi connectivity index (χ3v) is 7.76. The summed E-state index contributed by atoms with van der Waals surface area (Å²) in [6.45, 7) is 1.73. The van der Waals surface area contributed by atoms with E-state index in [1.54, 1.807) is 18.2 Å². The number of nitrogens with zero attached hydrogens (tertiary/aromatic N) is 3. The number of para-hydroxylation sites is 2. The van der Waals surface area contributed by atoms with E-state index in [4.69, 9.17) is 4.74 Å². The maximum atomic E-state index is 12.7. The number of fused-ring (bicyclic) bond motifs is 1. The van der Waals surface area contributed by atoms with Gasteiger partial charge in [0.2, 0.25) is 0 Å². The van der Waals surface area contributed by atoms with E-state index < -0.39 is 10.0 Å². The van der Waals surface area contributed by atoms with Crippen molar-refractivity contribution in [2.45, 2.75) is 10.8 Å². The van der Waals surface area contributed by atoms with Crippen molar-refractivity contribution in [3.8, 4) is 0 Å². The van der Waals surface area contributed by atoms with E-state index in [2.05, 4.69) is 15.3 Å². The molecule has 3 heterocycles. The number of amides is 1. The van der Waals surface area contributed by atoms with Gasteiger partial charge in [0.05, 0.1) is 37.0 Å². The molecule has 4 rings (SSSR count). The monoisotopic (exact) mass is 418 g/mol. The topological polar surface area (TPSA) is 101 Å². The summed E-state index contributed by atoms with van der Waals surface area (Å²) in [4.78, 5) is 21.6. The van der Waals surface area contributed by atoms with E-state index in [1.807, 2.05) is 18.2 Å². The van der Waals surface area contributed by atoms with E-state index in [-0.39, 0.29) is 22.4 Å². The van der Waals surface area contributed by atoms with Gasteiger partial charge in [0.15, 0.2) is 0 Å². The number of carbonyl (C=O) groups excluding carboxylic acids is 1. The molecule has 10 heteroatoms. The number of sulfonamides is 1. The Balaban J connectivity index is 1.43. The van der Waals surface area contributed by atoms with Gasteiger partial charge in [-0.15, -0.1) is 11.3 Å². The lowest BCUT2D eigenvalue weighted by molar-refractivity contribution is 0.0731. The highest BCUT2D eigenvalue weighted by Crippen LogP contribution is 2.25. The SMILES string of the molecule is O=C(NCc1ccc(S(=O)(=O)N2CCOCC2)s1)c1cnc2ccccc2n1. The van der Waals surface area contributed by atoms with Gasteiger partial charge in [-0.25, -0.2) is 13.4 Å². The first-order valence-electron chi connectivity index (χ1n) is 8.71. The summed E-state index contributed by atoms with van der Waals surface area (Å²) in [5, 5.41) is 2.76. The molecule has 28 heavy (non-hydrogen) atoms. The highest BCUT2D eigenvalue weighted by molar-refractivity contribution is 7.91. The number of nitrogens with one attached hydrogen (secondary N) is 1. The number of carbonyl (C=O) groups is 1. The summed E-state index contributed by atoms with van der Waals surface area (Å²) in [5.74, 6) is -0.357. The van der Waals surface area contributed by atoms with Crippen LogP contribution in [0, 0.1) is 0 Å². The number of ether oxygens (including phenoxy) is 1. The molecule has 1 aromatic carbocycles. The lowest BCUT2D eigenvalue weighted by atomic mass is 10.3. The molecule has 0 spiro atoms. The summed E-state index contributed by atoms with van der Waals surface area (Å²) in [7, 11) is -3.52. The number of hydrogen-bond donors (Lipinski definition) is 1. The largest absolute Gasteiger partial charge is 0.379 e. The number of rotatable bonds is 5. The maximum Gasteiger partial charge on any atom is 0.271 e. The molecule has 0 bridgehead atoms. The van der Waals surface area contributed by atoms with Crippen molar-refractivity contribution in [2.75, 3.05) is 26.3 Å². The Morgan fingerprint density at radius 2 is 1.89 bits per heavy atom. The fourth-order valence-corrected chi connectivity index (χ4v) is 5.69. The van der Waals surface area contributed by atoms with Crippen molar-refractivity contribution in [3.05, 3.63) is 53.2 Å². The first-order chi connectivity index (χ1) is 13.5. The highest BCUT2D eigenvalue weighted by Gasteiger charge is 2.27. The zero-order valence-electron chi connectivity index (χ0n) is 14.9. The fourth-order valence-electron chi connectivity index (χ4n) is 2.83. The number of benzene rings is 1. The minimum atomic E-state index is -3.52. The molecule has 1 aliphatic rings. The molecule has 0 aliphatic carbocycles. The number of hydrogen-bond acceptors (Lipinski definition) is 7. The van der Waals surface area contributed by atoms with Crippen LogP contribution in [0.5, 0.6) is 0 Å². The summed E-state index contributed by atoms with van der Waals surface area (Å²) in [6, 6.07) is 10.6. The molecule has 1 N–H and O–H groups in total. The summed E-state index contributed by atoms with van der Waals surface area (Å²) in [5.41, 5.74) is 1.58. The predicted molar refractivity (Wildman–Crippen MR) is 105 cm³/mol. The second-order valence-electron chi connectivity index (χ2n) is 6.16. The number of aromatic nitrogens is 2. The molecule has 0 saturated carbocycles. The van der Waals surface area contributed by atoms with Crippen LogP contribution in [-0.2, 0) is 21.3 Å². The Hall–Kier alpha value is -2.40. The first kappa shape index (κ1) is 18.9. The summed E-state index contributed by atoms with van der Waals surface area (Å²) < 4.78 is 32.2. The predicted octanol–water partition coefficient (Wildman–Crippen LogP) is 1.64. The quantitative estimate of drug-likeness (QED) is 0.676. The van der Waals surface area contributed by atoms with Gasteiger partial charge in [0.25, 0.3) is 15.9 Å². The standard InChI is InChI=1S/C18H18N4O4S2/c23-18(16-12-19-14-3-1-2-4-15(14)21-16)20-11-13-5-6-17(27-13)28(24,25)22-7-9-26-10-8-22/h1-6,12H,7-11H2,(H,20,23). The average Bonchev–Trinajstić information content (AvgIpc) is 3.22. The third-order valence-electron chi connectivity index (χ3n) is 4.31. The van der Waals surface area contributed by atoms with Crippen molar-refractivity contribution < 1.29 is 17.9 Å². The van der Waals surface area contributed by atoms with Crippen LogP contribution in [0.15, 0.2) is 46.8 Å². The van der Waals surface area contributed by atoms with Crippen LogP contribution in [0.4, 0.5) is 0 Å². The molecule has 1 amide bonds. The molecule has 1 saturated heterocycles.